The molecule has 2 aliphatic rings. The average molecular weight is 568 g/mol. The number of aromatic nitrogens is 5. The number of fused-ring (bicyclic) bond motifs is 1. The molecule has 0 aliphatic carbocycles. The van der Waals surface area contributed by atoms with E-state index in [1.54, 1.807) is 24.7 Å². The van der Waals surface area contributed by atoms with Gasteiger partial charge in [-0.3, -0.25) is 9.69 Å². The van der Waals surface area contributed by atoms with Gasteiger partial charge in [0.05, 0.1) is 25.1 Å². The molecule has 0 radical (unpaired) electrons. The molecule has 6 rings (SSSR count). The molecule has 1 amide bonds. The Kier molecular flexibility index (Phi) is 7.10. The number of hydrogen-bond acceptors (Lipinski definition) is 5. The molecule has 1 fully saturated rings. The molecule has 0 spiro atoms. The summed E-state index contributed by atoms with van der Waals surface area (Å²) in [5.41, 5.74) is 3.30. The third-order valence-electron chi connectivity index (χ3n) is 8.17. The topological polar surface area (TPSA) is 72.1 Å². The van der Waals surface area contributed by atoms with E-state index in [-0.39, 0.29) is 30.4 Å². The van der Waals surface area contributed by atoms with Crippen LogP contribution < -0.4 is 0 Å². The zero-order valence-electron chi connectivity index (χ0n) is 22.4. The second-order valence-electron chi connectivity index (χ2n) is 10.5. The Bertz CT molecular complexity index is 1540. The number of amides is 1. The van der Waals surface area contributed by atoms with Crippen LogP contribution >= 0.6 is 0 Å². The van der Waals surface area contributed by atoms with Gasteiger partial charge in [0.25, 0.3) is 5.91 Å². The molecule has 4 heterocycles. The molecule has 41 heavy (non-hydrogen) atoms. The molecule has 2 aromatic heterocycles. The van der Waals surface area contributed by atoms with Gasteiger partial charge in [-0.2, -0.15) is 13.2 Å². The third-order valence-corrected chi connectivity index (χ3v) is 8.17. The maximum atomic E-state index is 13.6. The number of likely N-dealkylation sites (tertiary alicyclic amines) is 1. The predicted octanol–water partition coefficient (Wildman–Crippen LogP) is 5.03. The summed E-state index contributed by atoms with van der Waals surface area (Å²) in [5, 5.41) is 7.15. The smallest absolute Gasteiger partial charge is 0.337 e. The average Bonchev–Trinajstić information content (AvgIpc) is 3.64. The van der Waals surface area contributed by atoms with Gasteiger partial charge in [-0.15, -0.1) is 10.2 Å². The number of alkyl halides is 3. The van der Waals surface area contributed by atoms with E-state index < -0.39 is 12.0 Å². The van der Waals surface area contributed by atoms with Crippen LogP contribution in [-0.4, -0.2) is 65.7 Å². The lowest BCUT2D eigenvalue weighted by atomic mass is 9.95. The lowest BCUT2D eigenvalue weighted by Crippen LogP contribution is -2.49. The van der Waals surface area contributed by atoms with Crippen LogP contribution in [-0.2, 0) is 19.3 Å². The largest absolute Gasteiger partial charge is 0.451 e. The number of carbonyl (C=O) groups is 1. The standard InChI is InChI=1S/C29H29F4N7O/c1-19(23-4-2-3-5-24(23)20-6-8-21(30)9-7-20)40-18-34-16-25(40)27(41)37-12-10-22(11-13-37)38-14-15-39-26(17-38)35-36-28(39)29(31,32)33/h2-9,16,18-19,22H,10-15,17H2,1H3/t19-/m0/s1. The lowest BCUT2D eigenvalue weighted by molar-refractivity contribution is -0.148. The molecule has 214 valence electrons. The van der Waals surface area contributed by atoms with Crippen molar-refractivity contribution in [1.82, 2.24) is 34.1 Å². The molecule has 0 bridgehead atoms. The number of rotatable bonds is 5. The highest BCUT2D eigenvalue weighted by atomic mass is 19.4. The van der Waals surface area contributed by atoms with Crippen molar-refractivity contribution in [3.05, 3.63) is 89.8 Å². The van der Waals surface area contributed by atoms with Gasteiger partial charge in [-0.05, 0) is 48.6 Å². The fourth-order valence-corrected chi connectivity index (χ4v) is 5.98. The van der Waals surface area contributed by atoms with Crippen LogP contribution in [0.4, 0.5) is 17.6 Å². The molecule has 1 atom stereocenters. The van der Waals surface area contributed by atoms with E-state index in [1.807, 2.05) is 40.7 Å². The summed E-state index contributed by atoms with van der Waals surface area (Å²) in [6.07, 6.45) is 0.144. The van der Waals surface area contributed by atoms with Crippen LogP contribution in [0.1, 0.15) is 53.5 Å². The van der Waals surface area contributed by atoms with Crippen LogP contribution in [0.3, 0.4) is 0 Å². The fraction of sp³-hybridized carbons (Fsp3) is 0.379. The van der Waals surface area contributed by atoms with E-state index in [4.69, 9.17) is 0 Å². The summed E-state index contributed by atoms with van der Waals surface area (Å²) < 4.78 is 56.1. The Morgan fingerprint density at radius 2 is 1.71 bits per heavy atom. The number of imidazole rings is 1. The second-order valence-corrected chi connectivity index (χ2v) is 10.5. The van der Waals surface area contributed by atoms with Crippen molar-refractivity contribution >= 4 is 5.91 Å². The first kappa shape index (κ1) is 27.1. The maximum absolute atomic E-state index is 13.6. The Morgan fingerprint density at radius 3 is 2.44 bits per heavy atom. The molecule has 2 aliphatic heterocycles. The van der Waals surface area contributed by atoms with Gasteiger partial charge >= 0.3 is 6.18 Å². The summed E-state index contributed by atoms with van der Waals surface area (Å²) in [6.45, 7) is 4.04. The Labute approximate surface area is 234 Å². The first-order chi connectivity index (χ1) is 19.7. The number of halogens is 4. The van der Waals surface area contributed by atoms with Gasteiger partial charge in [-0.1, -0.05) is 36.4 Å². The lowest BCUT2D eigenvalue weighted by Gasteiger charge is -2.40. The molecular weight excluding hydrogens is 538 g/mol. The summed E-state index contributed by atoms with van der Waals surface area (Å²) in [4.78, 5) is 21.9. The third kappa shape index (κ3) is 5.23. The van der Waals surface area contributed by atoms with Crippen LogP contribution in [0, 0.1) is 5.82 Å². The van der Waals surface area contributed by atoms with Crippen molar-refractivity contribution in [1.29, 1.82) is 0 Å². The van der Waals surface area contributed by atoms with E-state index in [1.165, 1.54) is 12.1 Å². The van der Waals surface area contributed by atoms with Gasteiger partial charge in [0.15, 0.2) is 0 Å². The quantitative estimate of drug-likeness (QED) is 0.317. The van der Waals surface area contributed by atoms with E-state index in [9.17, 15) is 22.4 Å². The van der Waals surface area contributed by atoms with Crippen molar-refractivity contribution in [2.24, 2.45) is 0 Å². The molecule has 0 N–H and O–H groups in total. The minimum Gasteiger partial charge on any atom is -0.337 e. The first-order valence-electron chi connectivity index (χ1n) is 13.6. The maximum Gasteiger partial charge on any atom is 0.451 e. The van der Waals surface area contributed by atoms with Crippen molar-refractivity contribution in [2.75, 3.05) is 19.6 Å². The van der Waals surface area contributed by atoms with E-state index in [0.717, 1.165) is 21.3 Å². The number of piperidine rings is 1. The SMILES string of the molecule is C[C@@H](c1ccccc1-c1ccc(F)cc1)n1cncc1C(=O)N1CCC(N2CCn3c(nnc3C(F)(F)F)C2)CC1. The van der Waals surface area contributed by atoms with Crippen molar-refractivity contribution in [2.45, 2.75) is 51.1 Å². The van der Waals surface area contributed by atoms with Gasteiger partial charge in [-0.25, -0.2) is 9.37 Å². The highest BCUT2D eigenvalue weighted by Crippen LogP contribution is 2.33. The van der Waals surface area contributed by atoms with Crippen LogP contribution in [0.25, 0.3) is 11.1 Å². The van der Waals surface area contributed by atoms with Gasteiger partial charge in [0, 0.05) is 32.2 Å². The van der Waals surface area contributed by atoms with Crippen LogP contribution in [0.15, 0.2) is 61.1 Å². The zero-order chi connectivity index (χ0) is 28.7. The molecular formula is C29H29F4N7O. The highest BCUT2D eigenvalue weighted by Gasteiger charge is 2.40. The number of benzene rings is 2. The van der Waals surface area contributed by atoms with E-state index >= 15 is 0 Å². The molecule has 8 nitrogen and oxygen atoms in total. The summed E-state index contributed by atoms with van der Waals surface area (Å²) in [5.74, 6) is -1.04. The van der Waals surface area contributed by atoms with Crippen LogP contribution in [0.5, 0.6) is 0 Å². The van der Waals surface area contributed by atoms with Gasteiger partial charge in [0.1, 0.15) is 17.3 Å². The Morgan fingerprint density at radius 1 is 0.976 bits per heavy atom. The Hall–Kier alpha value is -4.06. The number of carbonyl (C=O) groups excluding carboxylic acids is 1. The predicted molar refractivity (Wildman–Crippen MR) is 142 cm³/mol. The number of nitrogens with zero attached hydrogens (tertiary/aromatic N) is 7. The van der Waals surface area contributed by atoms with Crippen LogP contribution in [0.2, 0.25) is 0 Å². The molecule has 1 saturated heterocycles. The summed E-state index contributed by atoms with van der Waals surface area (Å²) in [7, 11) is 0. The molecule has 0 saturated carbocycles. The first-order valence-corrected chi connectivity index (χ1v) is 13.6. The van der Waals surface area contributed by atoms with Crippen molar-refractivity contribution in [3.63, 3.8) is 0 Å². The van der Waals surface area contributed by atoms with Gasteiger partial charge in [0.2, 0.25) is 5.82 Å². The molecule has 2 aromatic carbocycles. The second kappa shape index (κ2) is 10.7. The minimum absolute atomic E-state index is 0.111. The van der Waals surface area contributed by atoms with E-state index in [0.29, 0.717) is 50.5 Å². The van der Waals surface area contributed by atoms with Gasteiger partial charge < -0.3 is 14.0 Å². The molecule has 4 aromatic rings. The summed E-state index contributed by atoms with van der Waals surface area (Å²) in [6, 6.07) is 14.1. The minimum atomic E-state index is -4.52. The number of hydrogen-bond donors (Lipinski definition) is 0. The molecule has 12 heteroatoms. The fourth-order valence-electron chi connectivity index (χ4n) is 5.98. The summed E-state index contributed by atoms with van der Waals surface area (Å²) >= 11 is 0. The monoisotopic (exact) mass is 567 g/mol. The normalized spacial score (nSPS) is 17.4. The van der Waals surface area contributed by atoms with Crippen molar-refractivity contribution in [3.8, 4) is 11.1 Å². The van der Waals surface area contributed by atoms with Crippen molar-refractivity contribution < 1.29 is 22.4 Å². The Balaban J connectivity index is 1.13. The molecule has 0 unspecified atom stereocenters. The highest BCUT2D eigenvalue weighted by molar-refractivity contribution is 5.92. The zero-order valence-corrected chi connectivity index (χ0v) is 22.4. The van der Waals surface area contributed by atoms with E-state index in [2.05, 4.69) is 20.1 Å².